The smallest absolute Gasteiger partial charge is 0.0611 e. The average molecular weight is 200 g/mol. The van der Waals surface area contributed by atoms with Crippen LogP contribution in [0.1, 0.15) is 0 Å². The van der Waals surface area contributed by atoms with Crippen LogP contribution in [0, 0.1) is 6.08 Å². The Bertz CT molecular complexity index is 370. The van der Waals surface area contributed by atoms with E-state index in [0.29, 0.717) is 11.3 Å². The molecule has 1 nitrogen and oxygen atoms in total. The first kappa shape index (κ1) is 8.18. The van der Waals surface area contributed by atoms with Crippen LogP contribution < -0.4 is 5.32 Å². The fraction of sp³-hybridized carbons (Fsp3) is 0.167. The maximum atomic E-state index is 3.51. The minimum Gasteiger partial charge on any atom is -0.376 e. The minimum absolute atomic E-state index is 0.403. The molecule has 2 atom stereocenters. The Kier molecular flexibility index (Phi) is 1.88. The van der Waals surface area contributed by atoms with Crippen molar-refractivity contribution in [1.29, 1.82) is 0 Å². The van der Waals surface area contributed by atoms with Crippen LogP contribution in [-0.2, 0) is 0 Å². The number of fused-ring (bicyclic) bond motifs is 2. The van der Waals surface area contributed by atoms with E-state index < -0.39 is 0 Å². The summed E-state index contributed by atoms with van der Waals surface area (Å²) in [7, 11) is 0. The standard InChI is InChI=1S/C12H10NS/c1-3-7-11-9(5-1)13-10-6-2-4-8-12(10)14-11/h1,3-8,10,12-13H. The van der Waals surface area contributed by atoms with Gasteiger partial charge in [-0.3, -0.25) is 0 Å². The summed E-state index contributed by atoms with van der Waals surface area (Å²) in [5.74, 6) is 0. The quantitative estimate of drug-likeness (QED) is 0.691. The van der Waals surface area contributed by atoms with Crippen LogP contribution >= 0.6 is 11.8 Å². The molecule has 0 bridgehead atoms. The molecule has 69 valence electrons. The number of rotatable bonds is 0. The second-order valence-electron chi connectivity index (χ2n) is 3.44. The first-order valence-corrected chi connectivity index (χ1v) is 5.60. The van der Waals surface area contributed by atoms with Crippen molar-refractivity contribution in [1.82, 2.24) is 0 Å². The summed E-state index contributed by atoms with van der Waals surface area (Å²) in [6.45, 7) is 0. The zero-order chi connectivity index (χ0) is 9.38. The summed E-state index contributed by atoms with van der Waals surface area (Å²) < 4.78 is 0. The van der Waals surface area contributed by atoms with Gasteiger partial charge in [-0.25, -0.2) is 0 Å². The summed E-state index contributed by atoms with van der Waals surface area (Å²) in [6, 6.07) is 8.85. The SMILES string of the molecule is [C]1=CC2Nc3ccccc3SC2C=C1. The average Bonchev–Trinajstić information content (AvgIpc) is 2.26. The summed E-state index contributed by atoms with van der Waals surface area (Å²) in [6.07, 6.45) is 9.45. The van der Waals surface area contributed by atoms with Gasteiger partial charge in [0.15, 0.2) is 0 Å². The van der Waals surface area contributed by atoms with Crippen molar-refractivity contribution in [2.75, 3.05) is 5.32 Å². The molecule has 1 N–H and O–H groups in total. The summed E-state index contributed by atoms with van der Waals surface area (Å²) in [5.41, 5.74) is 1.24. The van der Waals surface area contributed by atoms with Gasteiger partial charge in [0.05, 0.1) is 11.3 Å². The molecule has 1 aliphatic heterocycles. The molecule has 0 saturated heterocycles. The van der Waals surface area contributed by atoms with Gasteiger partial charge in [-0.05, 0) is 18.2 Å². The lowest BCUT2D eigenvalue weighted by atomic mass is 10.1. The van der Waals surface area contributed by atoms with E-state index in [1.165, 1.54) is 10.6 Å². The van der Waals surface area contributed by atoms with Gasteiger partial charge in [0.25, 0.3) is 0 Å². The Morgan fingerprint density at radius 1 is 1.29 bits per heavy atom. The Labute approximate surface area is 87.9 Å². The lowest BCUT2D eigenvalue weighted by Crippen LogP contribution is -2.32. The number of nitrogens with one attached hydrogen (secondary N) is 1. The fourth-order valence-corrected chi connectivity index (χ4v) is 2.93. The second-order valence-corrected chi connectivity index (χ2v) is 4.66. The van der Waals surface area contributed by atoms with E-state index in [2.05, 4.69) is 47.8 Å². The van der Waals surface area contributed by atoms with Crippen molar-refractivity contribution in [3.8, 4) is 0 Å². The molecule has 2 unspecified atom stereocenters. The number of para-hydroxylation sites is 1. The molecule has 1 aromatic carbocycles. The Hall–Kier alpha value is -1.15. The van der Waals surface area contributed by atoms with Crippen LogP contribution in [0.25, 0.3) is 0 Å². The van der Waals surface area contributed by atoms with Crippen LogP contribution in [0.3, 0.4) is 0 Å². The molecule has 0 amide bonds. The van der Waals surface area contributed by atoms with Gasteiger partial charge >= 0.3 is 0 Å². The van der Waals surface area contributed by atoms with Crippen molar-refractivity contribution in [2.45, 2.75) is 16.2 Å². The van der Waals surface area contributed by atoms with E-state index in [9.17, 15) is 0 Å². The lowest BCUT2D eigenvalue weighted by Gasteiger charge is -2.31. The van der Waals surface area contributed by atoms with Crippen molar-refractivity contribution in [3.05, 3.63) is 48.6 Å². The molecule has 0 aromatic heterocycles. The zero-order valence-corrected chi connectivity index (χ0v) is 8.42. The molecule has 14 heavy (non-hydrogen) atoms. The summed E-state index contributed by atoms with van der Waals surface area (Å²) in [5, 5.41) is 4.03. The van der Waals surface area contributed by atoms with Crippen molar-refractivity contribution in [2.24, 2.45) is 0 Å². The molecular formula is C12H10NS. The van der Waals surface area contributed by atoms with E-state index in [4.69, 9.17) is 0 Å². The zero-order valence-electron chi connectivity index (χ0n) is 7.60. The molecule has 0 saturated carbocycles. The molecule has 2 aliphatic rings. The van der Waals surface area contributed by atoms with Gasteiger partial charge in [-0.1, -0.05) is 30.4 Å². The van der Waals surface area contributed by atoms with E-state index in [0.717, 1.165) is 0 Å². The van der Waals surface area contributed by atoms with Gasteiger partial charge in [-0.2, -0.15) is 0 Å². The minimum atomic E-state index is 0.403. The number of hydrogen-bond donors (Lipinski definition) is 1. The second kappa shape index (κ2) is 3.21. The molecule has 1 radical (unpaired) electrons. The fourth-order valence-electron chi connectivity index (χ4n) is 1.78. The van der Waals surface area contributed by atoms with Crippen LogP contribution in [0.2, 0.25) is 0 Å². The highest BCUT2D eigenvalue weighted by Gasteiger charge is 2.25. The third-order valence-corrected chi connectivity index (χ3v) is 3.82. The molecule has 0 spiro atoms. The van der Waals surface area contributed by atoms with E-state index >= 15 is 0 Å². The molecule has 1 aromatic rings. The summed E-state index contributed by atoms with van der Waals surface area (Å²) in [4.78, 5) is 1.34. The third-order valence-electron chi connectivity index (χ3n) is 2.48. The maximum absolute atomic E-state index is 3.51. The number of thioether (sulfide) groups is 1. The topological polar surface area (TPSA) is 12.0 Å². The van der Waals surface area contributed by atoms with Gasteiger partial charge in [0.1, 0.15) is 0 Å². The van der Waals surface area contributed by atoms with Crippen molar-refractivity contribution in [3.63, 3.8) is 0 Å². The Balaban J connectivity index is 2.00. The highest BCUT2D eigenvalue weighted by Crippen LogP contribution is 2.39. The summed E-state index contributed by atoms with van der Waals surface area (Å²) >= 11 is 1.92. The van der Waals surface area contributed by atoms with Crippen LogP contribution in [0.15, 0.2) is 47.4 Å². The number of benzene rings is 1. The molecule has 2 heteroatoms. The Morgan fingerprint density at radius 3 is 3.21 bits per heavy atom. The van der Waals surface area contributed by atoms with Gasteiger partial charge in [0, 0.05) is 10.6 Å². The number of anilines is 1. The van der Waals surface area contributed by atoms with Crippen LogP contribution in [0.4, 0.5) is 5.69 Å². The molecular weight excluding hydrogens is 190 g/mol. The monoisotopic (exact) mass is 200 g/mol. The Morgan fingerprint density at radius 2 is 2.21 bits per heavy atom. The van der Waals surface area contributed by atoms with E-state index in [1.807, 2.05) is 17.8 Å². The molecule has 1 heterocycles. The third kappa shape index (κ3) is 1.26. The van der Waals surface area contributed by atoms with Gasteiger partial charge in [-0.15, -0.1) is 11.8 Å². The van der Waals surface area contributed by atoms with Gasteiger partial charge in [0.2, 0.25) is 0 Å². The predicted octanol–water partition coefficient (Wildman–Crippen LogP) is 2.87. The molecule has 0 fully saturated rings. The normalized spacial score (nSPS) is 27.7. The highest BCUT2D eigenvalue weighted by atomic mass is 32.2. The van der Waals surface area contributed by atoms with Gasteiger partial charge < -0.3 is 5.32 Å². The largest absolute Gasteiger partial charge is 0.376 e. The predicted molar refractivity (Wildman–Crippen MR) is 60.5 cm³/mol. The maximum Gasteiger partial charge on any atom is 0.0611 e. The molecule has 1 aliphatic carbocycles. The number of allylic oxidation sites excluding steroid dienone is 2. The molecule has 3 rings (SSSR count). The van der Waals surface area contributed by atoms with E-state index in [1.54, 1.807) is 0 Å². The van der Waals surface area contributed by atoms with Crippen LogP contribution in [-0.4, -0.2) is 11.3 Å². The van der Waals surface area contributed by atoms with Crippen molar-refractivity contribution >= 4 is 17.4 Å². The first-order valence-electron chi connectivity index (χ1n) is 4.72. The van der Waals surface area contributed by atoms with E-state index in [-0.39, 0.29) is 0 Å². The number of hydrogen-bond acceptors (Lipinski definition) is 2. The lowest BCUT2D eigenvalue weighted by molar-refractivity contribution is 0.876. The first-order chi connectivity index (χ1) is 6.93. The highest BCUT2D eigenvalue weighted by molar-refractivity contribution is 8.00. The van der Waals surface area contributed by atoms with Crippen molar-refractivity contribution < 1.29 is 0 Å². The van der Waals surface area contributed by atoms with Crippen LogP contribution in [0.5, 0.6) is 0 Å².